The highest BCUT2D eigenvalue weighted by Crippen LogP contribution is 2.23. The number of hydrogen-bond acceptors (Lipinski definition) is 4. The zero-order chi connectivity index (χ0) is 15.7. The summed E-state index contributed by atoms with van der Waals surface area (Å²) >= 11 is 0. The molecule has 0 aromatic carbocycles. The maximum absolute atomic E-state index is 11.8. The summed E-state index contributed by atoms with van der Waals surface area (Å²) in [5.74, 6) is 0.309. The Hall–Kier alpha value is -1.88. The molecule has 5 heteroatoms. The Kier molecular flexibility index (Phi) is 4.16. The van der Waals surface area contributed by atoms with Crippen LogP contribution in [0.1, 0.15) is 36.3 Å². The van der Waals surface area contributed by atoms with Crippen molar-refractivity contribution in [3.63, 3.8) is 0 Å². The van der Waals surface area contributed by atoms with E-state index in [0.29, 0.717) is 23.2 Å². The topological polar surface area (TPSA) is 46.8 Å². The van der Waals surface area contributed by atoms with Gasteiger partial charge in [-0.3, -0.25) is 0 Å². The van der Waals surface area contributed by atoms with Crippen molar-refractivity contribution < 1.29 is 9.53 Å². The van der Waals surface area contributed by atoms with Crippen LogP contribution >= 0.6 is 0 Å². The van der Waals surface area contributed by atoms with Crippen LogP contribution in [0.4, 0.5) is 0 Å². The second kappa shape index (κ2) is 6.08. The SMILES string of the molecule is COC(=O)c1cccn2cc(CC3CCN(C(C)C)C3)nc12. The fourth-order valence-electron chi connectivity index (χ4n) is 3.23. The standard InChI is InChI=1S/C17H23N3O2/c1-12(2)19-8-6-13(10-19)9-14-11-20-7-4-5-15(16(20)18-14)17(21)22-3/h4-5,7,11-13H,6,8-10H2,1-3H3. The molecule has 118 valence electrons. The molecule has 1 atom stereocenters. The van der Waals surface area contributed by atoms with E-state index in [1.807, 2.05) is 22.9 Å². The number of ether oxygens (including phenoxy) is 1. The number of pyridine rings is 1. The van der Waals surface area contributed by atoms with Gasteiger partial charge in [-0.05, 0) is 51.3 Å². The largest absolute Gasteiger partial charge is 0.465 e. The number of esters is 1. The van der Waals surface area contributed by atoms with E-state index < -0.39 is 0 Å². The second-order valence-electron chi connectivity index (χ2n) is 6.32. The molecule has 0 spiro atoms. The Balaban J connectivity index is 1.80. The monoisotopic (exact) mass is 301 g/mol. The lowest BCUT2D eigenvalue weighted by Gasteiger charge is -2.19. The number of rotatable bonds is 4. The predicted molar refractivity (Wildman–Crippen MR) is 85.1 cm³/mol. The average molecular weight is 301 g/mol. The van der Waals surface area contributed by atoms with Gasteiger partial charge in [0.25, 0.3) is 0 Å². The number of carbonyl (C=O) groups is 1. The van der Waals surface area contributed by atoms with Crippen molar-refractivity contribution in [1.82, 2.24) is 14.3 Å². The van der Waals surface area contributed by atoms with Gasteiger partial charge in [-0.25, -0.2) is 9.78 Å². The van der Waals surface area contributed by atoms with Gasteiger partial charge in [0.05, 0.1) is 12.8 Å². The van der Waals surface area contributed by atoms with Crippen molar-refractivity contribution in [3.8, 4) is 0 Å². The fraction of sp³-hybridized carbons (Fsp3) is 0.529. The molecule has 0 N–H and O–H groups in total. The number of nitrogens with zero attached hydrogens (tertiary/aromatic N) is 3. The third kappa shape index (κ3) is 2.86. The molecule has 0 amide bonds. The van der Waals surface area contributed by atoms with E-state index in [-0.39, 0.29) is 5.97 Å². The molecule has 2 aromatic heterocycles. The van der Waals surface area contributed by atoms with Crippen molar-refractivity contribution in [2.45, 2.75) is 32.7 Å². The highest BCUT2D eigenvalue weighted by atomic mass is 16.5. The number of methoxy groups -OCH3 is 1. The van der Waals surface area contributed by atoms with E-state index in [9.17, 15) is 4.79 Å². The first-order chi connectivity index (χ1) is 10.6. The quantitative estimate of drug-likeness (QED) is 0.814. The third-order valence-electron chi connectivity index (χ3n) is 4.48. The Morgan fingerprint density at radius 2 is 2.32 bits per heavy atom. The van der Waals surface area contributed by atoms with Gasteiger partial charge in [-0.15, -0.1) is 0 Å². The van der Waals surface area contributed by atoms with Crippen molar-refractivity contribution in [2.24, 2.45) is 5.92 Å². The van der Waals surface area contributed by atoms with Gasteiger partial charge in [0.2, 0.25) is 0 Å². The lowest BCUT2D eigenvalue weighted by atomic mass is 10.0. The number of imidazole rings is 1. The molecular weight excluding hydrogens is 278 g/mol. The molecule has 0 aliphatic carbocycles. The molecule has 0 saturated carbocycles. The van der Waals surface area contributed by atoms with Gasteiger partial charge in [0.1, 0.15) is 5.56 Å². The highest BCUT2D eigenvalue weighted by Gasteiger charge is 2.25. The number of aromatic nitrogens is 2. The third-order valence-corrected chi connectivity index (χ3v) is 4.48. The minimum atomic E-state index is -0.338. The summed E-state index contributed by atoms with van der Waals surface area (Å²) in [7, 11) is 1.40. The van der Waals surface area contributed by atoms with Crippen LogP contribution in [0.15, 0.2) is 24.5 Å². The molecule has 1 unspecified atom stereocenters. The van der Waals surface area contributed by atoms with Gasteiger partial charge in [-0.2, -0.15) is 0 Å². The number of likely N-dealkylation sites (tertiary alicyclic amines) is 1. The minimum absolute atomic E-state index is 0.338. The van der Waals surface area contributed by atoms with E-state index in [1.54, 1.807) is 6.07 Å². The summed E-state index contributed by atoms with van der Waals surface area (Å²) in [6, 6.07) is 4.21. The molecule has 1 fully saturated rings. The lowest BCUT2D eigenvalue weighted by molar-refractivity contribution is 0.0602. The minimum Gasteiger partial charge on any atom is -0.465 e. The molecule has 3 rings (SSSR count). The van der Waals surface area contributed by atoms with Crippen molar-refractivity contribution in [3.05, 3.63) is 35.8 Å². The number of fused-ring (bicyclic) bond motifs is 1. The molecule has 3 heterocycles. The van der Waals surface area contributed by atoms with E-state index in [4.69, 9.17) is 4.74 Å². The molecule has 0 bridgehead atoms. The molecule has 0 radical (unpaired) electrons. The van der Waals surface area contributed by atoms with Crippen molar-refractivity contribution >= 4 is 11.6 Å². The fourth-order valence-corrected chi connectivity index (χ4v) is 3.23. The van der Waals surface area contributed by atoms with E-state index in [0.717, 1.165) is 18.7 Å². The summed E-state index contributed by atoms with van der Waals surface area (Å²) in [5.41, 5.74) is 2.25. The van der Waals surface area contributed by atoms with Crippen molar-refractivity contribution in [2.75, 3.05) is 20.2 Å². The van der Waals surface area contributed by atoms with Crippen LogP contribution in [0.3, 0.4) is 0 Å². The van der Waals surface area contributed by atoms with E-state index in [2.05, 4.69) is 23.7 Å². The molecular formula is C17H23N3O2. The smallest absolute Gasteiger partial charge is 0.341 e. The summed E-state index contributed by atoms with van der Waals surface area (Å²) in [5, 5.41) is 0. The van der Waals surface area contributed by atoms with Crippen LogP contribution in [0.2, 0.25) is 0 Å². The Bertz CT molecular complexity index is 678. The van der Waals surface area contributed by atoms with Crippen LogP contribution in [0, 0.1) is 5.92 Å². The van der Waals surface area contributed by atoms with E-state index >= 15 is 0 Å². The Morgan fingerprint density at radius 3 is 3.00 bits per heavy atom. The first kappa shape index (κ1) is 15.0. The highest BCUT2D eigenvalue weighted by molar-refractivity contribution is 5.95. The lowest BCUT2D eigenvalue weighted by Crippen LogP contribution is -2.28. The summed E-state index contributed by atoms with van der Waals surface area (Å²) in [4.78, 5) is 19.0. The van der Waals surface area contributed by atoms with E-state index in [1.165, 1.54) is 20.1 Å². The number of hydrogen-bond donors (Lipinski definition) is 0. The zero-order valence-electron chi connectivity index (χ0n) is 13.5. The zero-order valence-corrected chi connectivity index (χ0v) is 13.5. The van der Waals surface area contributed by atoms with Crippen molar-refractivity contribution in [1.29, 1.82) is 0 Å². The van der Waals surface area contributed by atoms with Gasteiger partial charge < -0.3 is 14.0 Å². The van der Waals surface area contributed by atoms with Crippen LogP contribution < -0.4 is 0 Å². The van der Waals surface area contributed by atoms with Gasteiger partial charge >= 0.3 is 5.97 Å². The summed E-state index contributed by atoms with van der Waals surface area (Å²) in [6.07, 6.45) is 6.13. The Labute approximate surface area is 130 Å². The average Bonchev–Trinajstić information content (AvgIpc) is 3.12. The molecule has 2 aromatic rings. The molecule has 1 aliphatic rings. The Morgan fingerprint density at radius 1 is 1.50 bits per heavy atom. The molecule has 22 heavy (non-hydrogen) atoms. The van der Waals surface area contributed by atoms with Gasteiger partial charge in [0.15, 0.2) is 5.65 Å². The molecule has 1 saturated heterocycles. The number of carbonyl (C=O) groups excluding carboxylic acids is 1. The van der Waals surface area contributed by atoms with Crippen LogP contribution in [-0.4, -0.2) is 46.5 Å². The maximum atomic E-state index is 11.8. The first-order valence-corrected chi connectivity index (χ1v) is 7.87. The van der Waals surface area contributed by atoms with Gasteiger partial charge in [0, 0.05) is 25.0 Å². The predicted octanol–water partition coefficient (Wildman–Crippen LogP) is 2.39. The maximum Gasteiger partial charge on any atom is 0.341 e. The first-order valence-electron chi connectivity index (χ1n) is 7.87. The van der Waals surface area contributed by atoms with Crippen LogP contribution in [-0.2, 0) is 11.2 Å². The summed E-state index contributed by atoms with van der Waals surface area (Å²) in [6.45, 7) is 6.80. The summed E-state index contributed by atoms with van der Waals surface area (Å²) < 4.78 is 6.74. The van der Waals surface area contributed by atoms with Crippen LogP contribution in [0.5, 0.6) is 0 Å². The molecule has 5 nitrogen and oxygen atoms in total. The van der Waals surface area contributed by atoms with Crippen LogP contribution in [0.25, 0.3) is 5.65 Å². The molecule has 1 aliphatic heterocycles. The second-order valence-corrected chi connectivity index (χ2v) is 6.32. The normalized spacial score (nSPS) is 19.2. The van der Waals surface area contributed by atoms with Gasteiger partial charge in [-0.1, -0.05) is 0 Å².